The maximum atomic E-state index is 11.7. The first kappa shape index (κ1) is 12.6. The van der Waals surface area contributed by atoms with Gasteiger partial charge in [0.2, 0.25) is 5.91 Å². The third kappa shape index (κ3) is 3.56. The van der Waals surface area contributed by atoms with Gasteiger partial charge in [0.05, 0.1) is 0 Å². The average molecular weight is 236 g/mol. The van der Waals surface area contributed by atoms with Crippen molar-refractivity contribution in [3.05, 3.63) is 11.6 Å². The summed E-state index contributed by atoms with van der Waals surface area (Å²) in [5, 5.41) is 3.06. The maximum Gasteiger partial charge on any atom is 0.246 e. The molecule has 1 unspecified atom stereocenters. The predicted octanol–water partition coefficient (Wildman–Crippen LogP) is 1.94. The number of hydrogen-bond donors (Lipinski definition) is 1. The number of carbonyl (C=O) groups excluding carboxylic acids is 1. The maximum absolute atomic E-state index is 11.7. The van der Waals surface area contributed by atoms with Crippen LogP contribution in [0.1, 0.15) is 39.5 Å². The Balaban J connectivity index is 1.68. The Morgan fingerprint density at radius 2 is 2.18 bits per heavy atom. The minimum absolute atomic E-state index is 0.108. The van der Waals surface area contributed by atoms with Crippen molar-refractivity contribution in [3.8, 4) is 0 Å². The van der Waals surface area contributed by atoms with E-state index >= 15 is 0 Å². The number of carbonyl (C=O) groups is 1. The summed E-state index contributed by atoms with van der Waals surface area (Å²) >= 11 is 0. The van der Waals surface area contributed by atoms with E-state index < -0.39 is 0 Å². The molecular weight excluding hydrogens is 212 g/mol. The van der Waals surface area contributed by atoms with E-state index in [1.807, 2.05) is 13.0 Å². The normalized spacial score (nSPS) is 26.2. The Hall–Kier alpha value is -0.830. The molecule has 1 saturated heterocycles. The fourth-order valence-corrected chi connectivity index (χ4v) is 2.58. The van der Waals surface area contributed by atoms with Crippen molar-refractivity contribution in [3.63, 3.8) is 0 Å². The van der Waals surface area contributed by atoms with Gasteiger partial charge in [-0.2, -0.15) is 0 Å². The number of allylic oxidation sites excluding steroid dienone is 1. The van der Waals surface area contributed by atoms with Crippen LogP contribution in [0.3, 0.4) is 0 Å². The Bertz CT molecular complexity index is 307. The molecule has 0 aromatic rings. The highest BCUT2D eigenvalue weighted by atomic mass is 16.1. The number of nitrogens with one attached hydrogen (secondary N) is 1. The third-order valence-electron chi connectivity index (χ3n) is 3.80. The molecule has 0 aromatic carbocycles. The van der Waals surface area contributed by atoms with E-state index in [4.69, 9.17) is 0 Å². The Kier molecular flexibility index (Phi) is 4.21. The summed E-state index contributed by atoms with van der Waals surface area (Å²) in [6.45, 7) is 7.21. The second-order valence-electron chi connectivity index (χ2n) is 5.39. The van der Waals surface area contributed by atoms with Crippen LogP contribution in [-0.4, -0.2) is 36.5 Å². The molecule has 3 heteroatoms. The molecule has 1 N–H and O–H groups in total. The Morgan fingerprint density at radius 1 is 1.41 bits per heavy atom. The van der Waals surface area contributed by atoms with Crippen molar-refractivity contribution >= 4 is 5.91 Å². The molecule has 2 rings (SSSR count). The lowest BCUT2D eigenvalue weighted by atomic mass is 10.1. The molecule has 0 spiro atoms. The molecular formula is C14H24N2O. The minimum atomic E-state index is 0.108. The van der Waals surface area contributed by atoms with Gasteiger partial charge in [-0.25, -0.2) is 0 Å². The van der Waals surface area contributed by atoms with E-state index in [0.717, 1.165) is 24.6 Å². The number of amides is 1. The van der Waals surface area contributed by atoms with Gasteiger partial charge in [-0.15, -0.1) is 0 Å². The van der Waals surface area contributed by atoms with Gasteiger partial charge in [-0.3, -0.25) is 4.79 Å². The van der Waals surface area contributed by atoms with E-state index in [1.54, 1.807) is 0 Å². The van der Waals surface area contributed by atoms with Gasteiger partial charge in [0.15, 0.2) is 0 Å². The van der Waals surface area contributed by atoms with Gasteiger partial charge in [-0.1, -0.05) is 13.0 Å². The molecule has 1 amide bonds. The SMILES string of the molecule is CCC=C(C)C(=O)NCC1CCN(C2CC2)C1. The van der Waals surface area contributed by atoms with Gasteiger partial charge in [-0.05, 0) is 45.1 Å². The Labute approximate surface area is 104 Å². The highest BCUT2D eigenvalue weighted by Gasteiger charge is 2.34. The van der Waals surface area contributed by atoms with Crippen molar-refractivity contribution in [1.82, 2.24) is 10.2 Å². The summed E-state index contributed by atoms with van der Waals surface area (Å²) in [5.74, 6) is 0.769. The van der Waals surface area contributed by atoms with Crippen LogP contribution >= 0.6 is 0 Å². The van der Waals surface area contributed by atoms with Crippen LogP contribution in [0, 0.1) is 5.92 Å². The fourth-order valence-electron chi connectivity index (χ4n) is 2.58. The smallest absolute Gasteiger partial charge is 0.246 e. The first-order valence-corrected chi connectivity index (χ1v) is 6.89. The van der Waals surface area contributed by atoms with Gasteiger partial charge >= 0.3 is 0 Å². The zero-order valence-electron chi connectivity index (χ0n) is 11.0. The summed E-state index contributed by atoms with van der Waals surface area (Å²) in [6.07, 6.45) is 6.93. The lowest BCUT2D eigenvalue weighted by molar-refractivity contribution is -0.117. The lowest BCUT2D eigenvalue weighted by Gasteiger charge is -2.15. The first-order valence-electron chi connectivity index (χ1n) is 6.89. The van der Waals surface area contributed by atoms with Gasteiger partial charge < -0.3 is 10.2 Å². The zero-order chi connectivity index (χ0) is 12.3. The van der Waals surface area contributed by atoms with Crippen molar-refractivity contribution in [1.29, 1.82) is 0 Å². The summed E-state index contributed by atoms with van der Waals surface area (Å²) < 4.78 is 0. The first-order chi connectivity index (χ1) is 8.20. The van der Waals surface area contributed by atoms with Crippen molar-refractivity contribution < 1.29 is 4.79 Å². The molecule has 2 fully saturated rings. The Morgan fingerprint density at radius 3 is 2.82 bits per heavy atom. The third-order valence-corrected chi connectivity index (χ3v) is 3.80. The quantitative estimate of drug-likeness (QED) is 0.740. The van der Waals surface area contributed by atoms with Crippen molar-refractivity contribution in [2.45, 2.75) is 45.6 Å². The topological polar surface area (TPSA) is 32.3 Å². The van der Waals surface area contributed by atoms with Gasteiger partial charge in [0.1, 0.15) is 0 Å². The van der Waals surface area contributed by atoms with Crippen LogP contribution in [0.2, 0.25) is 0 Å². The molecule has 0 bridgehead atoms. The number of likely N-dealkylation sites (tertiary alicyclic amines) is 1. The van der Waals surface area contributed by atoms with Gasteiger partial charge in [0.25, 0.3) is 0 Å². The fraction of sp³-hybridized carbons (Fsp3) is 0.786. The summed E-state index contributed by atoms with van der Waals surface area (Å²) in [7, 11) is 0. The average Bonchev–Trinajstić information content (AvgIpc) is 3.06. The van der Waals surface area contributed by atoms with Crippen LogP contribution in [-0.2, 0) is 4.79 Å². The molecule has 0 radical (unpaired) electrons. The molecule has 1 aliphatic heterocycles. The predicted molar refractivity (Wildman–Crippen MR) is 69.8 cm³/mol. The second-order valence-corrected chi connectivity index (χ2v) is 5.39. The van der Waals surface area contributed by atoms with E-state index in [2.05, 4.69) is 17.1 Å². The van der Waals surface area contributed by atoms with Crippen LogP contribution in [0.15, 0.2) is 11.6 Å². The van der Waals surface area contributed by atoms with Crippen LogP contribution in [0.25, 0.3) is 0 Å². The molecule has 17 heavy (non-hydrogen) atoms. The zero-order valence-corrected chi connectivity index (χ0v) is 11.0. The highest BCUT2D eigenvalue weighted by Crippen LogP contribution is 2.31. The van der Waals surface area contributed by atoms with E-state index in [9.17, 15) is 4.79 Å². The summed E-state index contributed by atoms with van der Waals surface area (Å²) in [4.78, 5) is 14.3. The van der Waals surface area contributed by atoms with Crippen molar-refractivity contribution in [2.75, 3.05) is 19.6 Å². The molecule has 1 heterocycles. The highest BCUT2D eigenvalue weighted by molar-refractivity contribution is 5.92. The van der Waals surface area contributed by atoms with Gasteiger partial charge in [0, 0.05) is 24.7 Å². The molecule has 3 nitrogen and oxygen atoms in total. The molecule has 1 saturated carbocycles. The molecule has 0 aromatic heterocycles. The summed E-state index contributed by atoms with van der Waals surface area (Å²) in [6, 6.07) is 0.873. The molecule has 1 aliphatic carbocycles. The van der Waals surface area contributed by atoms with Crippen LogP contribution in [0.4, 0.5) is 0 Å². The van der Waals surface area contributed by atoms with Crippen molar-refractivity contribution in [2.24, 2.45) is 5.92 Å². The monoisotopic (exact) mass is 236 g/mol. The second kappa shape index (κ2) is 5.67. The van der Waals surface area contributed by atoms with E-state index in [-0.39, 0.29) is 5.91 Å². The van der Waals surface area contributed by atoms with E-state index in [0.29, 0.717) is 5.92 Å². The molecule has 96 valence electrons. The minimum Gasteiger partial charge on any atom is -0.352 e. The van der Waals surface area contributed by atoms with Crippen LogP contribution in [0.5, 0.6) is 0 Å². The number of hydrogen-bond acceptors (Lipinski definition) is 2. The largest absolute Gasteiger partial charge is 0.352 e. The van der Waals surface area contributed by atoms with Crippen LogP contribution < -0.4 is 5.32 Å². The molecule has 1 atom stereocenters. The molecule has 2 aliphatic rings. The number of rotatable bonds is 5. The van der Waals surface area contributed by atoms with E-state index in [1.165, 1.54) is 32.4 Å². The lowest BCUT2D eigenvalue weighted by Crippen LogP contribution is -2.31. The number of nitrogens with zero attached hydrogens (tertiary/aromatic N) is 1. The summed E-state index contributed by atoms with van der Waals surface area (Å²) in [5.41, 5.74) is 0.851. The standard InChI is InChI=1S/C14H24N2O/c1-3-4-11(2)14(17)15-9-12-7-8-16(10-12)13-5-6-13/h4,12-13H,3,5-10H2,1-2H3,(H,15,17).